The summed E-state index contributed by atoms with van der Waals surface area (Å²) in [6, 6.07) is 2.09. The van der Waals surface area contributed by atoms with E-state index in [1.807, 2.05) is 12.4 Å². The molecule has 3 unspecified atom stereocenters. The molecule has 88 valence electrons. The van der Waals surface area contributed by atoms with Gasteiger partial charge in [-0.05, 0) is 6.07 Å². The van der Waals surface area contributed by atoms with E-state index in [1.165, 1.54) is 11.3 Å². The van der Waals surface area contributed by atoms with Crippen LogP contribution in [-0.4, -0.2) is 23.1 Å². The van der Waals surface area contributed by atoms with E-state index in [2.05, 4.69) is 59.9 Å². The molecule has 3 atom stereocenters. The summed E-state index contributed by atoms with van der Waals surface area (Å²) in [6.07, 6.45) is 10.6. The minimum atomic E-state index is 0.377. The molecule has 0 saturated heterocycles. The van der Waals surface area contributed by atoms with E-state index < -0.39 is 0 Å². The summed E-state index contributed by atoms with van der Waals surface area (Å²) in [7, 11) is 2.13. The highest BCUT2D eigenvalue weighted by molar-refractivity contribution is 5.61. The van der Waals surface area contributed by atoms with Gasteiger partial charge >= 0.3 is 0 Å². The van der Waals surface area contributed by atoms with Gasteiger partial charge in [-0.2, -0.15) is 0 Å². The molecule has 3 rings (SSSR count). The summed E-state index contributed by atoms with van der Waals surface area (Å²) in [5, 5.41) is 0. The van der Waals surface area contributed by atoms with Crippen LogP contribution in [0.3, 0.4) is 0 Å². The quantitative estimate of drug-likeness (QED) is 0.687. The zero-order chi connectivity index (χ0) is 12.0. The Labute approximate surface area is 102 Å². The molecule has 0 fully saturated rings. The lowest BCUT2D eigenvalue weighted by molar-refractivity contribution is 0.244. The van der Waals surface area contributed by atoms with Crippen molar-refractivity contribution in [1.29, 1.82) is 0 Å². The summed E-state index contributed by atoms with van der Waals surface area (Å²) in [5.41, 5.74) is 2.54. The molecule has 3 nitrogen and oxygen atoms in total. The Morgan fingerprint density at radius 3 is 3.00 bits per heavy atom. The van der Waals surface area contributed by atoms with Gasteiger partial charge in [0, 0.05) is 54.9 Å². The second kappa shape index (κ2) is 3.62. The second-order valence-electron chi connectivity index (χ2n) is 4.84. The van der Waals surface area contributed by atoms with Gasteiger partial charge in [-0.25, -0.2) is 0 Å². The van der Waals surface area contributed by atoms with Gasteiger partial charge in [0.05, 0.1) is 0 Å². The summed E-state index contributed by atoms with van der Waals surface area (Å²) >= 11 is 0. The normalized spacial score (nSPS) is 30.1. The lowest BCUT2D eigenvalue weighted by atomic mass is 9.81. The lowest BCUT2D eigenvalue weighted by Crippen LogP contribution is -2.47. The van der Waals surface area contributed by atoms with Crippen molar-refractivity contribution in [3.05, 3.63) is 49.1 Å². The molecular weight excluding hydrogens is 210 g/mol. The highest BCUT2D eigenvalue weighted by atomic mass is 15.4. The Kier molecular flexibility index (Phi) is 2.21. The summed E-state index contributed by atoms with van der Waals surface area (Å²) in [4.78, 5) is 8.86. The van der Waals surface area contributed by atoms with Gasteiger partial charge in [-0.15, -0.1) is 6.58 Å². The van der Waals surface area contributed by atoms with Crippen LogP contribution in [0.2, 0.25) is 0 Å². The Morgan fingerprint density at radius 1 is 1.41 bits per heavy atom. The molecule has 0 spiro atoms. The van der Waals surface area contributed by atoms with Crippen LogP contribution in [0.1, 0.15) is 18.4 Å². The molecule has 0 radical (unpaired) electrons. The van der Waals surface area contributed by atoms with Crippen LogP contribution in [0.15, 0.2) is 43.5 Å². The first-order valence-electron chi connectivity index (χ1n) is 5.99. The minimum absolute atomic E-state index is 0.377. The molecule has 0 bridgehead atoms. The Balaban J connectivity index is 2.16. The van der Waals surface area contributed by atoms with E-state index in [1.54, 1.807) is 0 Å². The maximum atomic E-state index is 4.25. The van der Waals surface area contributed by atoms with Crippen LogP contribution in [0.5, 0.6) is 0 Å². The highest BCUT2D eigenvalue weighted by Crippen LogP contribution is 2.44. The van der Waals surface area contributed by atoms with Crippen molar-refractivity contribution in [3.63, 3.8) is 0 Å². The molecule has 0 amide bonds. The highest BCUT2D eigenvalue weighted by Gasteiger charge is 2.40. The summed E-state index contributed by atoms with van der Waals surface area (Å²) < 4.78 is 0. The van der Waals surface area contributed by atoms with Crippen LogP contribution in [-0.2, 0) is 0 Å². The SMILES string of the molecule is C=CC1c2cnccc2N2C=CN(C)C2C1C. The fourth-order valence-electron chi connectivity index (χ4n) is 3.10. The molecule has 17 heavy (non-hydrogen) atoms. The Bertz CT molecular complexity index is 480. The molecule has 0 saturated carbocycles. The first-order chi connectivity index (χ1) is 8.24. The van der Waals surface area contributed by atoms with E-state index in [0.29, 0.717) is 18.0 Å². The van der Waals surface area contributed by atoms with E-state index in [-0.39, 0.29) is 0 Å². The molecule has 3 heterocycles. The molecule has 0 aromatic carbocycles. The van der Waals surface area contributed by atoms with E-state index in [9.17, 15) is 0 Å². The number of allylic oxidation sites excluding steroid dienone is 1. The van der Waals surface area contributed by atoms with Crippen molar-refractivity contribution >= 4 is 5.69 Å². The number of hydrogen-bond acceptors (Lipinski definition) is 3. The predicted molar refractivity (Wildman–Crippen MR) is 69.5 cm³/mol. The van der Waals surface area contributed by atoms with Gasteiger partial charge < -0.3 is 9.80 Å². The zero-order valence-electron chi connectivity index (χ0n) is 10.2. The first kappa shape index (κ1) is 10.4. The number of aromatic nitrogens is 1. The average Bonchev–Trinajstić information content (AvgIpc) is 2.73. The summed E-state index contributed by atoms with van der Waals surface area (Å²) in [6.45, 7) is 6.27. The molecule has 1 aromatic rings. The third kappa shape index (κ3) is 1.32. The van der Waals surface area contributed by atoms with Crippen molar-refractivity contribution in [3.8, 4) is 0 Å². The molecular formula is C14H17N3. The number of fused-ring (bicyclic) bond motifs is 3. The van der Waals surface area contributed by atoms with Crippen LogP contribution >= 0.6 is 0 Å². The smallest absolute Gasteiger partial charge is 0.109 e. The van der Waals surface area contributed by atoms with Gasteiger partial charge in [0.2, 0.25) is 0 Å². The van der Waals surface area contributed by atoms with Gasteiger partial charge in [0.1, 0.15) is 6.17 Å². The first-order valence-corrected chi connectivity index (χ1v) is 5.99. The van der Waals surface area contributed by atoms with Gasteiger partial charge in [-0.3, -0.25) is 4.98 Å². The van der Waals surface area contributed by atoms with E-state index >= 15 is 0 Å². The molecule has 0 aliphatic carbocycles. The number of nitrogens with zero attached hydrogens (tertiary/aromatic N) is 3. The van der Waals surface area contributed by atoms with Crippen molar-refractivity contribution in [2.45, 2.75) is 19.0 Å². The monoisotopic (exact) mass is 227 g/mol. The molecule has 1 aromatic heterocycles. The zero-order valence-corrected chi connectivity index (χ0v) is 10.2. The molecule has 2 aliphatic rings. The Hall–Kier alpha value is -1.77. The van der Waals surface area contributed by atoms with E-state index in [4.69, 9.17) is 0 Å². The standard InChI is InChI=1S/C14H17N3/c1-4-11-10(2)14-16(3)7-8-17(14)13-5-6-15-9-12(11)13/h4-11,14H,1H2,2-3H3. The van der Waals surface area contributed by atoms with Crippen molar-refractivity contribution < 1.29 is 0 Å². The fourth-order valence-corrected chi connectivity index (χ4v) is 3.10. The number of rotatable bonds is 1. The van der Waals surface area contributed by atoms with Crippen molar-refractivity contribution in [2.75, 3.05) is 11.9 Å². The van der Waals surface area contributed by atoms with Crippen LogP contribution < -0.4 is 4.90 Å². The number of hydrogen-bond donors (Lipinski definition) is 0. The Morgan fingerprint density at radius 2 is 2.24 bits per heavy atom. The third-order valence-electron chi connectivity index (χ3n) is 3.92. The largest absolute Gasteiger partial charge is 0.358 e. The lowest BCUT2D eigenvalue weighted by Gasteiger charge is -2.43. The van der Waals surface area contributed by atoms with Crippen molar-refractivity contribution in [2.24, 2.45) is 5.92 Å². The molecule has 3 heteroatoms. The predicted octanol–water partition coefficient (Wildman–Crippen LogP) is 2.55. The number of anilines is 1. The minimum Gasteiger partial charge on any atom is -0.358 e. The maximum Gasteiger partial charge on any atom is 0.109 e. The van der Waals surface area contributed by atoms with Gasteiger partial charge in [0.15, 0.2) is 0 Å². The third-order valence-corrected chi connectivity index (χ3v) is 3.92. The second-order valence-corrected chi connectivity index (χ2v) is 4.84. The van der Waals surface area contributed by atoms with Gasteiger partial charge in [-0.1, -0.05) is 13.0 Å². The average molecular weight is 227 g/mol. The van der Waals surface area contributed by atoms with Crippen LogP contribution in [0.25, 0.3) is 0 Å². The molecule has 2 aliphatic heterocycles. The van der Waals surface area contributed by atoms with Crippen LogP contribution in [0, 0.1) is 5.92 Å². The van der Waals surface area contributed by atoms with Crippen molar-refractivity contribution in [1.82, 2.24) is 9.88 Å². The topological polar surface area (TPSA) is 19.4 Å². The van der Waals surface area contributed by atoms with Crippen LogP contribution in [0.4, 0.5) is 5.69 Å². The number of pyridine rings is 1. The fraction of sp³-hybridized carbons (Fsp3) is 0.357. The van der Waals surface area contributed by atoms with E-state index in [0.717, 1.165) is 0 Å². The maximum absolute atomic E-state index is 4.25. The molecule has 0 N–H and O–H groups in total. The summed E-state index contributed by atoms with van der Waals surface area (Å²) in [5.74, 6) is 0.881. The van der Waals surface area contributed by atoms with Gasteiger partial charge in [0.25, 0.3) is 0 Å².